The number of hydrogen-bond acceptors (Lipinski definition) is 4. The summed E-state index contributed by atoms with van der Waals surface area (Å²) in [6, 6.07) is 0.305. The van der Waals surface area contributed by atoms with Gasteiger partial charge >= 0.3 is 0 Å². The smallest absolute Gasteiger partial charge is 0.220 e. The molecular formula is C15H29Cl2N5O. The van der Waals surface area contributed by atoms with Gasteiger partial charge in [0.1, 0.15) is 6.33 Å². The van der Waals surface area contributed by atoms with Crippen LogP contribution in [0.2, 0.25) is 0 Å². The summed E-state index contributed by atoms with van der Waals surface area (Å²) in [6.45, 7) is 8.93. The summed E-state index contributed by atoms with van der Waals surface area (Å²) in [4.78, 5) is 12.1. The third kappa shape index (κ3) is 6.65. The van der Waals surface area contributed by atoms with Gasteiger partial charge in [0.15, 0.2) is 5.82 Å². The molecule has 1 amide bonds. The van der Waals surface area contributed by atoms with Crippen LogP contribution in [0, 0.1) is 11.8 Å². The largest absolute Gasteiger partial charge is 0.349 e. The van der Waals surface area contributed by atoms with E-state index in [-0.39, 0.29) is 30.7 Å². The van der Waals surface area contributed by atoms with Crippen LogP contribution in [0.5, 0.6) is 0 Å². The average Bonchev–Trinajstić information content (AvgIpc) is 2.94. The molecule has 23 heavy (non-hydrogen) atoms. The lowest BCUT2D eigenvalue weighted by Gasteiger charge is -2.28. The summed E-state index contributed by atoms with van der Waals surface area (Å²) in [6.07, 6.45) is 4.74. The first-order valence-corrected chi connectivity index (χ1v) is 7.93. The Morgan fingerprint density at radius 2 is 2.17 bits per heavy atom. The highest BCUT2D eigenvalue weighted by atomic mass is 35.5. The molecule has 0 saturated carbocycles. The predicted octanol–water partition coefficient (Wildman–Crippen LogP) is 2.34. The van der Waals surface area contributed by atoms with E-state index in [0.29, 0.717) is 30.8 Å². The van der Waals surface area contributed by atoms with Crippen LogP contribution in [0.3, 0.4) is 0 Å². The lowest BCUT2D eigenvalue weighted by molar-refractivity contribution is -0.122. The molecule has 2 N–H and O–H groups in total. The lowest BCUT2D eigenvalue weighted by Crippen LogP contribution is -2.35. The first-order chi connectivity index (χ1) is 10.1. The van der Waals surface area contributed by atoms with Gasteiger partial charge in [0.05, 0.1) is 6.54 Å². The molecule has 8 heteroatoms. The standard InChI is InChI=1S/C15H27N5O.2ClH/c1-11(2)20-10-18-19-14(20)9-17-15(21)7-12(3)13-5-4-6-16-8-13;;/h10-13,16H,4-9H2,1-3H3,(H,17,21);2*1H. The lowest BCUT2D eigenvalue weighted by atomic mass is 9.85. The minimum Gasteiger partial charge on any atom is -0.349 e. The van der Waals surface area contributed by atoms with Crippen molar-refractivity contribution in [2.45, 2.75) is 52.6 Å². The first-order valence-electron chi connectivity index (χ1n) is 7.93. The van der Waals surface area contributed by atoms with Crippen molar-refractivity contribution in [2.75, 3.05) is 13.1 Å². The Kier molecular flexibility index (Phi) is 10.4. The SMILES string of the molecule is CC(CC(=O)NCc1nncn1C(C)C)C1CCCNC1.Cl.Cl. The van der Waals surface area contributed by atoms with Gasteiger partial charge in [0, 0.05) is 12.5 Å². The molecule has 2 rings (SSSR count). The zero-order valence-electron chi connectivity index (χ0n) is 14.1. The van der Waals surface area contributed by atoms with Gasteiger partial charge in [-0.05, 0) is 51.6 Å². The van der Waals surface area contributed by atoms with E-state index in [0.717, 1.165) is 18.9 Å². The van der Waals surface area contributed by atoms with Crippen LogP contribution < -0.4 is 10.6 Å². The van der Waals surface area contributed by atoms with E-state index in [2.05, 4.69) is 41.6 Å². The van der Waals surface area contributed by atoms with Crippen LogP contribution in [-0.4, -0.2) is 33.8 Å². The van der Waals surface area contributed by atoms with Crippen molar-refractivity contribution in [3.8, 4) is 0 Å². The molecule has 0 bridgehead atoms. The summed E-state index contributed by atoms with van der Waals surface area (Å²) >= 11 is 0. The molecule has 1 aromatic rings. The average molecular weight is 366 g/mol. The van der Waals surface area contributed by atoms with Gasteiger partial charge in [-0.25, -0.2) is 0 Å². The maximum Gasteiger partial charge on any atom is 0.220 e. The fourth-order valence-electron chi connectivity index (χ4n) is 2.90. The summed E-state index contributed by atoms with van der Waals surface area (Å²) in [5, 5.41) is 14.4. The van der Waals surface area contributed by atoms with Crippen molar-refractivity contribution in [3.05, 3.63) is 12.2 Å². The van der Waals surface area contributed by atoms with E-state index >= 15 is 0 Å². The number of amides is 1. The first kappa shape index (κ1) is 22.1. The topological polar surface area (TPSA) is 71.8 Å². The summed E-state index contributed by atoms with van der Waals surface area (Å²) in [5.41, 5.74) is 0. The van der Waals surface area contributed by atoms with E-state index in [1.807, 2.05) is 4.57 Å². The Balaban J connectivity index is 0.00000242. The second-order valence-electron chi connectivity index (χ2n) is 6.31. The molecule has 2 atom stereocenters. The molecule has 2 heterocycles. The Morgan fingerprint density at radius 1 is 1.43 bits per heavy atom. The zero-order valence-corrected chi connectivity index (χ0v) is 15.8. The van der Waals surface area contributed by atoms with Crippen molar-refractivity contribution >= 4 is 30.7 Å². The van der Waals surface area contributed by atoms with E-state index < -0.39 is 0 Å². The van der Waals surface area contributed by atoms with Crippen LogP contribution in [-0.2, 0) is 11.3 Å². The second-order valence-corrected chi connectivity index (χ2v) is 6.31. The fraction of sp³-hybridized carbons (Fsp3) is 0.800. The van der Waals surface area contributed by atoms with E-state index in [1.54, 1.807) is 6.33 Å². The van der Waals surface area contributed by atoms with Crippen molar-refractivity contribution in [2.24, 2.45) is 11.8 Å². The molecule has 134 valence electrons. The number of piperidine rings is 1. The number of hydrogen-bond donors (Lipinski definition) is 2. The number of rotatable bonds is 6. The summed E-state index contributed by atoms with van der Waals surface area (Å²) in [5.74, 6) is 1.95. The molecule has 0 radical (unpaired) electrons. The molecule has 2 unspecified atom stereocenters. The fourth-order valence-corrected chi connectivity index (χ4v) is 2.90. The quantitative estimate of drug-likeness (QED) is 0.811. The van der Waals surface area contributed by atoms with E-state index in [9.17, 15) is 4.79 Å². The highest BCUT2D eigenvalue weighted by Crippen LogP contribution is 2.22. The van der Waals surface area contributed by atoms with Crippen molar-refractivity contribution in [1.82, 2.24) is 25.4 Å². The number of halogens is 2. The van der Waals surface area contributed by atoms with E-state index in [1.165, 1.54) is 12.8 Å². The maximum absolute atomic E-state index is 12.1. The molecule has 0 aromatic carbocycles. The van der Waals surface area contributed by atoms with Crippen molar-refractivity contribution in [3.63, 3.8) is 0 Å². The van der Waals surface area contributed by atoms with Gasteiger partial charge in [-0.3, -0.25) is 4.79 Å². The Labute approximate surface area is 151 Å². The molecule has 1 aliphatic rings. The van der Waals surface area contributed by atoms with Crippen LogP contribution in [0.1, 0.15) is 51.9 Å². The van der Waals surface area contributed by atoms with Gasteiger partial charge in [-0.15, -0.1) is 35.0 Å². The molecule has 0 aliphatic carbocycles. The molecule has 6 nitrogen and oxygen atoms in total. The van der Waals surface area contributed by atoms with Gasteiger partial charge in [0.2, 0.25) is 5.91 Å². The third-order valence-corrected chi connectivity index (χ3v) is 4.29. The number of carbonyl (C=O) groups excluding carboxylic acids is 1. The number of nitrogens with zero attached hydrogens (tertiary/aromatic N) is 3. The Hall–Kier alpha value is -0.850. The molecule has 1 fully saturated rings. The Bertz CT molecular complexity index is 460. The van der Waals surface area contributed by atoms with Crippen LogP contribution in [0.4, 0.5) is 0 Å². The van der Waals surface area contributed by atoms with Crippen molar-refractivity contribution in [1.29, 1.82) is 0 Å². The summed E-state index contributed by atoms with van der Waals surface area (Å²) < 4.78 is 1.98. The normalized spacial score (nSPS) is 18.7. The predicted molar refractivity (Wildman–Crippen MR) is 96.1 cm³/mol. The van der Waals surface area contributed by atoms with Crippen LogP contribution >= 0.6 is 24.8 Å². The monoisotopic (exact) mass is 365 g/mol. The van der Waals surface area contributed by atoms with E-state index in [4.69, 9.17) is 0 Å². The van der Waals surface area contributed by atoms with Gasteiger partial charge < -0.3 is 15.2 Å². The maximum atomic E-state index is 12.1. The molecular weight excluding hydrogens is 337 g/mol. The number of carbonyl (C=O) groups is 1. The third-order valence-electron chi connectivity index (χ3n) is 4.29. The minimum absolute atomic E-state index is 0. The van der Waals surface area contributed by atoms with Gasteiger partial charge in [-0.1, -0.05) is 6.92 Å². The molecule has 1 aromatic heterocycles. The molecule has 1 aliphatic heterocycles. The molecule has 1 saturated heterocycles. The zero-order chi connectivity index (χ0) is 15.2. The molecule has 0 spiro atoms. The number of nitrogens with one attached hydrogen (secondary N) is 2. The minimum atomic E-state index is 0. The van der Waals surface area contributed by atoms with Crippen molar-refractivity contribution < 1.29 is 4.79 Å². The highest BCUT2D eigenvalue weighted by Gasteiger charge is 2.22. The van der Waals surface area contributed by atoms with Gasteiger partial charge in [0.25, 0.3) is 0 Å². The van der Waals surface area contributed by atoms with Crippen LogP contribution in [0.15, 0.2) is 6.33 Å². The highest BCUT2D eigenvalue weighted by molar-refractivity contribution is 5.85. The second kappa shape index (κ2) is 10.8. The summed E-state index contributed by atoms with van der Waals surface area (Å²) in [7, 11) is 0. The number of aromatic nitrogens is 3. The Morgan fingerprint density at radius 3 is 2.78 bits per heavy atom. The van der Waals surface area contributed by atoms with Crippen LogP contribution in [0.25, 0.3) is 0 Å². The van der Waals surface area contributed by atoms with Gasteiger partial charge in [-0.2, -0.15) is 0 Å².